The molecular formula is C56H37NS. The van der Waals surface area contributed by atoms with Crippen LogP contribution in [0.15, 0.2) is 224 Å². The van der Waals surface area contributed by atoms with Crippen LogP contribution < -0.4 is 4.90 Å². The molecule has 1 aromatic heterocycles. The molecule has 0 spiro atoms. The van der Waals surface area contributed by atoms with E-state index in [4.69, 9.17) is 0 Å². The summed E-state index contributed by atoms with van der Waals surface area (Å²) in [5.74, 6) is 0. The van der Waals surface area contributed by atoms with E-state index in [1.165, 1.54) is 86.2 Å². The molecule has 0 aliphatic carbocycles. The Morgan fingerprint density at radius 3 is 1.52 bits per heavy atom. The fourth-order valence-corrected chi connectivity index (χ4v) is 9.99. The first kappa shape index (κ1) is 34.0. The highest BCUT2D eigenvalue weighted by atomic mass is 32.1. The first-order valence-electron chi connectivity index (χ1n) is 19.8. The van der Waals surface area contributed by atoms with E-state index in [2.05, 4.69) is 229 Å². The van der Waals surface area contributed by atoms with Crippen LogP contribution >= 0.6 is 11.3 Å². The van der Waals surface area contributed by atoms with Crippen molar-refractivity contribution in [3.05, 3.63) is 224 Å². The molecule has 0 amide bonds. The molecule has 1 nitrogen and oxygen atoms in total. The van der Waals surface area contributed by atoms with Crippen LogP contribution in [0, 0.1) is 0 Å². The van der Waals surface area contributed by atoms with Gasteiger partial charge in [0.05, 0.1) is 11.4 Å². The first-order chi connectivity index (χ1) is 28.8. The van der Waals surface area contributed by atoms with Gasteiger partial charge in [-0.3, -0.25) is 0 Å². The summed E-state index contributed by atoms with van der Waals surface area (Å²) in [6.07, 6.45) is 0. The molecule has 0 N–H and O–H groups in total. The van der Waals surface area contributed by atoms with Crippen molar-refractivity contribution in [3.63, 3.8) is 0 Å². The fraction of sp³-hybridized carbons (Fsp3) is 0. The molecule has 0 aliphatic heterocycles. The Kier molecular flexibility index (Phi) is 8.42. The standard InChI is InChI=1S/C56H37NS/c1-5-18-38(19-6-1)42-32-35-50(48(36-42)39-20-7-2-8-21-39)57(51-29-17-31-53-56(51)47-28-15-16-30-52(47)58-53)43-33-34-45-44-26-13-14-27-46(44)54(40-22-9-3-10-23-40)55(49(45)37-43)41-24-11-4-12-25-41/h1-37H. The number of hydrogen-bond acceptors (Lipinski definition) is 2. The minimum absolute atomic E-state index is 1.10. The summed E-state index contributed by atoms with van der Waals surface area (Å²) in [7, 11) is 0. The lowest BCUT2D eigenvalue weighted by molar-refractivity contribution is 1.31. The summed E-state index contributed by atoms with van der Waals surface area (Å²) in [6, 6.07) is 82.1. The zero-order valence-electron chi connectivity index (χ0n) is 31.7. The second-order valence-corrected chi connectivity index (χ2v) is 15.9. The number of rotatable bonds is 7. The van der Waals surface area contributed by atoms with Crippen LogP contribution in [0.4, 0.5) is 17.1 Å². The van der Waals surface area contributed by atoms with E-state index >= 15 is 0 Å². The third-order valence-corrected chi connectivity index (χ3v) is 12.6. The monoisotopic (exact) mass is 755 g/mol. The lowest BCUT2D eigenvalue weighted by Crippen LogP contribution is -2.12. The quantitative estimate of drug-likeness (QED) is 0.146. The van der Waals surface area contributed by atoms with Crippen molar-refractivity contribution in [3.8, 4) is 44.5 Å². The molecule has 10 aromatic carbocycles. The Bertz CT molecular complexity index is 3260. The molecular weight excluding hydrogens is 719 g/mol. The average molecular weight is 756 g/mol. The smallest absolute Gasteiger partial charge is 0.0555 e. The molecule has 2 heteroatoms. The molecule has 0 fully saturated rings. The molecule has 11 aromatic rings. The number of fused-ring (bicyclic) bond motifs is 6. The van der Waals surface area contributed by atoms with Crippen LogP contribution in [-0.2, 0) is 0 Å². The van der Waals surface area contributed by atoms with Crippen molar-refractivity contribution in [2.45, 2.75) is 0 Å². The maximum Gasteiger partial charge on any atom is 0.0555 e. The van der Waals surface area contributed by atoms with E-state index in [0.29, 0.717) is 0 Å². The predicted molar refractivity (Wildman–Crippen MR) is 251 cm³/mol. The van der Waals surface area contributed by atoms with Crippen molar-refractivity contribution in [2.75, 3.05) is 4.90 Å². The predicted octanol–water partition coefficient (Wildman–Crippen LogP) is 16.5. The molecule has 58 heavy (non-hydrogen) atoms. The molecule has 1 heterocycles. The number of anilines is 3. The maximum atomic E-state index is 2.52. The zero-order valence-corrected chi connectivity index (χ0v) is 32.5. The number of benzene rings is 10. The molecule has 0 unspecified atom stereocenters. The minimum Gasteiger partial charge on any atom is -0.309 e. The summed E-state index contributed by atoms with van der Waals surface area (Å²) in [5, 5.41) is 7.49. The van der Waals surface area contributed by atoms with Gasteiger partial charge in [-0.2, -0.15) is 0 Å². The zero-order chi connectivity index (χ0) is 38.4. The molecule has 272 valence electrons. The van der Waals surface area contributed by atoms with Gasteiger partial charge in [-0.15, -0.1) is 11.3 Å². The molecule has 0 saturated carbocycles. The first-order valence-corrected chi connectivity index (χ1v) is 20.7. The Morgan fingerprint density at radius 1 is 0.293 bits per heavy atom. The Morgan fingerprint density at radius 2 is 0.828 bits per heavy atom. The van der Waals surface area contributed by atoms with E-state index in [0.717, 1.165) is 17.1 Å². The van der Waals surface area contributed by atoms with Crippen LogP contribution in [0.3, 0.4) is 0 Å². The molecule has 0 aliphatic rings. The van der Waals surface area contributed by atoms with E-state index in [-0.39, 0.29) is 0 Å². The second-order valence-electron chi connectivity index (χ2n) is 14.8. The van der Waals surface area contributed by atoms with Crippen molar-refractivity contribution < 1.29 is 0 Å². The largest absolute Gasteiger partial charge is 0.309 e. The third kappa shape index (κ3) is 5.77. The van der Waals surface area contributed by atoms with E-state index in [9.17, 15) is 0 Å². The summed E-state index contributed by atoms with van der Waals surface area (Å²) >= 11 is 1.86. The third-order valence-electron chi connectivity index (χ3n) is 11.4. The van der Waals surface area contributed by atoms with Gasteiger partial charge in [0.25, 0.3) is 0 Å². The summed E-state index contributed by atoms with van der Waals surface area (Å²) < 4.78 is 2.56. The molecule has 0 radical (unpaired) electrons. The van der Waals surface area contributed by atoms with Crippen LogP contribution in [0.25, 0.3) is 86.2 Å². The van der Waals surface area contributed by atoms with Crippen LogP contribution in [0.1, 0.15) is 0 Å². The number of nitrogens with zero attached hydrogens (tertiary/aromatic N) is 1. The van der Waals surface area contributed by atoms with Gasteiger partial charge in [-0.1, -0.05) is 182 Å². The van der Waals surface area contributed by atoms with E-state index in [1.807, 2.05) is 11.3 Å². The van der Waals surface area contributed by atoms with Gasteiger partial charge in [-0.25, -0.2) is 0 Å². The lowest BCUT2D eigenvalue weighted by atomic mass is 9.85. The highest BCUT2D eigenvalue weighted by Crippen LogP contribution is 2.50. The van der Waals surface area contributed by atoms with E-state index in [1.54, 1.807) is 0 Å². The van der Waals surface area contributed by atoms with Crippen LogP contribution in [0.2, 0.25) is 0 Å². The highest BCUT2D eigenvalue weighted by molar-refractivity contribution is 7.26. The topological polar surface area (TPSA) is 3.24 Å². The van der Waals surface area contributed by atoms with Crippen molar-refractivity contribution in [1.29, 1.82) is 0 Å². The van der Waals surface area contributed by atoms with Crippen molar-refractivity contribution in [2.24, 2.45) is 0 Å². The Labute approximate surface area is 342 Å². The van der Waals surface area contributed by atoms with Crippen LogP contribution in [-0.4, -0.2) is 0 Å². The van der Waals surface area contributed by atoms with Crippen molar-refractivity contribution in [1.82, 2.24) is 0 Å². The van der Waals surface area contributed by atoms with Gasteiger partial charge in [0, 0.05) is 31.4 Å². The molecule has 0 saturated heterocycles. The van der Waals surface area contributed by atoms with Gasteiger partial charge in [0.2, 0.25) is 0 Å². The number of thiophene rings is 1. The average Bonchev–Trinajstić information content (AvgIpc) is 3.69. The fourth-order valence-electron chi connectivity index (χ4n) is 8.87. The number of hydrogen-bond donors (Lipinski definition) is 0. The lowest BCUT2D eigenvalue weighted by Gasteiger charge is -2.30. The van der Waals surface area contributed by atoms with Gasteiger partial charge in [0.15, 0.2) is 0 Å². The molecule has 11 rings (SSSR count). The van der Waals surface area contributed by atoms with E-state index < -0.39 is 0 Å². The second kappa shape index (κ2) is 14.4. The SMILES string of the molecule is c1ccc(-c2ccc(N(c3ccc4c(c3)c(-c3ccccc3)c(-c3ccccc3)c3ccccc34)c3cccc4sc5ccccc5c34)c(-c3ccccc3)c2)cc1. The highest BCUT2D eigenvalue weighted by Gasteiger charge is 2.24. The summed E-state index contributed by atoms with van der Waals surface area (Å²) in [6.45, 7) is 0. The van der Waals surface area contributed by atoms with Crippen molar-refractivity contribution >= 4 is 70.1 Å². The van der Waals surface area contributed by atoms with Gasteiger partial charge >= 0.3 is 0 Å². The van der Waals surface area contributed by atoms with Gasteiger partial charge in [0.1, 0.15) is 0 Å². The maximum absolute atomic E-state index is 2.52. The van der Waals surface area contributed by atoms with Crippen LogP contribution in [0.5, 0.6) is 0 Å². The minimum atomic E-state index is 1.10. The van der Waals surface area contributed by atoms with Gasteiger partial charge in [-0.05, 0) is 103 Å². The summed E-state index contributed by atoms with van der Waals surface area (Å²) in [4.78, 5) is 2.52. The summed E-state index contributed by atoms with van der Waals surface area (Å²) in [5.41, 5.74) is 13.0. The molecule has 0 atom stereocenters. The van der Waals surface area contributed by atoms with Gasteiger partial charge < -0.3 is 4.90 Å². The normalized spacial score (nSPS) is 11.4. The Hall–Kier alpha value is -7.26. The molecule has 0 bridgehead atoms. The Balaban J connectivity index is 1.27.